The fourth-order valence-electron chi connectivity index (χ4n) is 1.74. The summed E-state index contributed by atoms with van der Waals surface area (Å²) in [5.74, 6) is -0.489. The molecule has 0 atom stereocenters. The van der Waals surface area contributed by atoms with Gasteiger partial charge in [-0.1, -0.05) is 0 Å². The minimum Gasteiger partial charge on any atom is -0.357 e. The number of aromatic nitrogens is 1. The van der Waals surface area contributed by atoms with Crippen molar-refractivity contribution < 1.29 is 9.18 Å². The molecule has 0 bridgehead atoms. The van der Waals surface area contributed by atoms with Crippen LogP contribution in [0.15, 0.2) is 36.7 Å². The van der Waals surface area contributed by atoms with Crippen molar-refractivity contribution in [2.45, 2.75) is 13.5 Å². The normalized spacial score (nSPS) is 10.4. The SMILES string of the molecule is Cc1cc(C(=O)NCc2ccn(C)c2)ccc1F. The Morgan fingerprint density at radius 3 is 2.78 bits per heavy atom. The fourth-order valence-corrected chi connectivity index (χ4v) is 1.74. The van der Waals surface area contributed by atoms with Crippen molar-refractivity contribution >= 4 is 5.91 Å². The molecule has 0 saturated heterocycles. The van der Waals surface area contributed by atoms with Crippen LogP contribution in [0.3, 0.4) is 0 Å². The lowest BCUT2D eigenvalue weighted by Gasteiger charge is -2.05. The monoisotopic (exact) mass is 246 g/mol. The minimum atomic E-state index is -0.297. The van der Waals surface area contributed by atoms with Gasteiger partial charge in [0.15, 0.2) is 0 Å². The number of carbonyl (C=O) groups excluding carboxylic acids is 1. The second-order valence-electron chi connectivity index (χ2n) is 4.33. The lowest BCUT2D eigenvalue weighted by molar-refractivity contribution is 0.0951. The Labute approximate surface area is 105 Å². The fraction of sp³-hybridized carbons (Fsp3) is 0.214. The van der Waals surface area contributed by atoms with E-state index < -0.39 is 0 Å². The summed E-state index contributed by atoms with van der Waals surface area (Å²) in [7, 11) is 1.93. The molecule has 2 rings (SSSR count). The number of hydrogen-bond acceptors (Lipinski definition) is 1. The van der Waals surface area contributed by atoms with E-state index in [0.717, 1.165) is 5.56 Å². The Hall–Kier alpha value is -2.10. The van der Waals surface area contributed by atoms with E-state index in [9.17, 15) is 9.18 Å². The first-order valence-electron chi connectivity index (χ1n) is 5.71. The van der Waals surface area contributed by atoms with Gasteiger partial charge in [-0.3, -0.25) is 4.79 Å². The molecule has 2 aromatic rings. The summed E-state index contributed by atoms with van der Waals surface area (Å²) >= 11 is 0. The maximum Gasteiger partial charge on any atom is 0.251 e. The molecule has 1 amide bonds. The van der Waals surface area contributed by atoms with Crippen molar-refractivity contribution in [1.82, 2.24) is 9.88 Å². The predicted molar refractivity (Wildman–Crippen MR) is 67.7 cm³/mol. The minimum absolute atomic E-state index is 0.193. The van der Waals surface area contributed by atoms with Gasteiger partial charge >= 0.3 is 0 Å². The summed E-state index contributed by atoms with van der Waals surface area (Å²) in [4.78, 5) is 11.8. The molecule has 4 heteroatoms. The number of aryl methyl sites for hydroxylation is 2. The van der Waals surface area contributed by atoms with E-state index in [1.54, 1.807) is 13.0 Å². The lowest BCUT2D eigenvalue weighted by atomic mass is 10.1. The number of benzene rings is 1. The van der Waals surface area contributed by atoms with Crippen LogP contribution < -0.4 is 5.32 Å². The largest absolute Gasteiger partial charge is 0.357 e. The van der Waals surface area contributed by atoms with E-state index in [1.807, 2.05) is 30.1 Å². The standard InChI is InChI=1S/C14H15FN2O/c1-10-7-12(3-4-13(10)15)14(18)16-8-11-5-6-17(2)9-11/h3-7,9H,8H2,1-2H3,(H,16,18). The number of hydrogen-bond donors (Lipinski definition) is 1. The van der Waals surface area contributed by atoms with Crippen molar-refractivity contribution in [3.63, 3.8) is 0 Å². The molecular formula is C14H15FN2O. The average Bonchev–Trinajstić information content (AvgIpc) is 2.75. The highest BCUT2D eigenvalue weighted by molar-refractivity contribution is 5.94. The van der Waals surface area contributed by atoms with Crippen LogP contribution in [0.5, 0.6) is 0 Å². The third-order valence-electron chi connectivity index (χ3n) is 2.77. The van der Waals surface area contributed by atoms with Gasteiger partial charge in [-0.25, -0.2) is 4.39 Å². The van der Waals surface area contributed by atoms with Crippen LogP contribution in [0.1, 0.15) is 21.5 Å². The van der Waals surface area contributed by atoms with Gasteiger partial charge in [-0.05, 0) is 42.3 Å². The van der Waals surface area contributed by atoms with Crippen molar-refractivity contribution in [1.29, 1.82) is 0 Å². The number of nitrogens with zero attached hydrogens (tertiary/aromatic N) is 1. The highest BCUT2D eigenvalue weighted by atomic mass is 19.1. The smallest absolute Gasteiger partial charge is 0.251 e. The van der Waals surface area contributed by atoms with Gasteiger partial charge < -0.3 is 9.88 Å². The predicted octanol–water partition coefficient (Wildman–Crippen LogP) is 2.40. The van der Waals surface area contributed by atoms with E-state index in [2.05, 4.69) is 5.32 Å². The summed E-state index contributed by atoms with van der Waals surface area (Å²) in [5.41, 5.74) is 1.98. The van der Waals surface area contributed by atoms with Crippen molar-refractivity contribution in [2.75, 3.05) is 0 Å². The maximum absolute atomic E-state index is 13.1. The molecule has 0 unspecified atom stereocenters. The Morgan fingerprint density at radius 1 is 1.39 bits per heavy atom. The van der Waals surface area contributed by atoms with Gasteiger partial charge in [0, 0.05) is 31.5 Å². The van der Waals surface area contributed by atoms with E-state index in [4.69, 9.17) is 0 Å². The van der Waals surface area contributed by atoms with E-state index in [1.165, 1.54) is 12.1 Å². The summed E-state index contributed by atoms with van der Waals surface area (Å²) in [6, 6.07) is 6.29. The second kappa shape index (κ2) is 5.04. The first-order chi connectivity index (χ1) is 8.56. The van der Waals surface area contributed by atoms with E-state index in [-0.39, 0.29) is 11.7 Å². The Morgan fingerprint density at radius 2 is 2.17 bits per heavy atom. The Kier molecular flexibility index (Phi) is 3.46. The summed E-state index contributed by atoms with van der Waals surface area (Å²) in [5, 5.41) is 2.80. The van der Waals surface area contributed by atoms with Crippen LogP contribution in [-0.4, -0.2) is 10.5 Å². The molecule has 94 valence electrons. The van der Waals surface area contributed by atoms with E-state index in [0.29, 0.717) is 17.7 Å². The molecule has 1 heterocycles. The molecule has 1 aromatic heterocycles. The summed E-state index contributed by atoms with van der Waals surface area (Å²) in [6.07, 6.45) is 3.86. The van der Waals surface area contributed by atoms with Crippen LogP contribution in [0.4, 0.5) is 4.39 Å². The molecule has 0 fully saturated rings. The third-order valence-corrected chi connectivity index (χ3v) is 2.77. The van der Waals surface area contributed by atoms with Gasteiger partial charge in [0.1, 0.15) is 5.82 Å². The second-order valence-corrected chi connectivity index (χ2v) is 4.33. The van der Waals surface area contributed by atoms with Gasteiger partial charge in [0.25, 0.3) is 5.91 Å². The quantitative estimate of drug-likeness (QED) is 0.886. The molecule has 0 radical (unpaired) electrons. The van der Waals surface area contributed by atoms with Crippen molar-refractivity contribution in [3.8, 4) is 0 Å². The topological polar surface area (TPSA) is 34.0 Å². The number of amides is 1. The first kappa shape index (κ1) is 12.4. The number of nitrogens with one attached hydrogen (secondary N) is 1. The number of rotatable bonds is 3. The Balaban J connectivity index is 2.01. The molecular weight excluding hydrogens is 231 g/mol. The zero-order chi connectivity index (χ0) is 13.1. The van der Waals surface area contributed by atoms with Crippen LogP contribution in [-0.2, 0) is 13.6 Å². The van der Waals surface area contributed by atoms with Gasteiger partial charge in [-0.2, -0.15) is 0 Å². The molecule has 1 aromatic carbocycles. The zero-order valence-corrected chi connectivity index (χ0v) is 10.4. The first-order valence-corrected chi connectivity index (χ1v) is 5.71. The molecule has 0 aliphatic heterocycles. The molecule has 0 spiro atoms. The zero-order valence-electron chi connectivity index (χ0n) is 10.4. The van der Waals surface area contributed by atoms with Crippen LogP contribution in [0.25, 0.3) is 0 Å². The Bertz CT molecular complexity index is 575. The van der Waals surface area contributed by atoms with Crippen LogP contribution >= 0.6 is 0 Å². The molecule has 18 heavy (non-hydrogen) atoms. The third kappa shape index (κ3) is 2.77. The lowest BCUT2D eigenvalue weighted by Crippen LogP contribution is -2.22. The van der Waals surface area contributed by atoms with Crippen molar-refractivity contribution in [3.05, 3.63) is 59.2 Å². The van der Waals surface area contributed by atoms with Crippen molar-refractivity contribution in [2.24, 2.45) is 7.05 Å². The maximum atomic E-state index is 13.1. The average molecular weight is 246 g/mol. The van der Waals surface area contributed by atoms with Gasteiger partial charge in [0.2, 0.25) is 0 Å². The van der Waals surface area contributed by atoms with Gasteiger partial charge in [-0.15, -0.1) is 0 Å². The number of carbonyl (C=O) groups is 1. The highest BCUT2D eigenvalue weighted by Crippen LogP contribution is 2.09. The molecule has 3 nitrogen and oxygen atoms in total. The van der Waals surface area contributed by atoms with Gasteiger partial charge in [0.05, 0.1) is 0 Å². The summed E-state index contributed by atoms with van der Waals surface area (Å²) in [6.45, 7) is 2.11. The molecule has 0 saturated carbocycles. The van der Waals surface area contributed by atoms with E-state index >= 15 is 0 Å². The van der Waals surface area contributed by atoms with Crippen LogP contribution in [0, 0.1) is 12.7 Å². The van der Waals surface area contributed by atoms with Crippen LogP contribution in [0.2, 0.25) is 0 Å². The molecule has 1 N–H and O–H groups in total. The molecule has 0 aliphatic rings. The summed E-state index contributed by atoms with van der Waals surface area (Å²) < 4.78 is 15.0. The number of halogens is 1. The highest BCUT2D eigenvalue weighted by Gasteiger charge is 2.07. The molecule has 0 aliphatic carbocycles.